The van der Waals surface area contributed by atoms with E-state index in [2.05, 4.69) is 12.1 Å². The number of thioether (sulfide) groups is 1. The molecule has 3 rings (SSSR count). The van der Waals surface area contributed by atoms with E-state index in [9.17, 15) is 9.59 Å². The minimum atomic E-state index is -0.324. The van der Waals surface area contributed by atoms with Crippen molar-refractivity contribution < 1.29 is 9.59 Å². The predicted octanol–water partition coefficient (Wildman–Crippen LogP) is 6.16. The molecule has 0 saturated carbocycles. The third-order valence-corrected chi connectivity index (χ3v) is 5.88. The molecule has 0 aromatic heterocycles. The highest BCUT2D eigenvalue weighted by molar-refractivity contribution is 8.18. The van der Waals surface area contributed by atoms with Crippen molar-refractivity contribution in [3.63, 3.8) is 0 Å². The Bertz CT molecular complexity index is 910. The van der Waals surface area contributed by atoms with E-state index in [4.69, 9.17) is 23.2 Å². The molecule has 1 heterocycles. The van der Waals surface area contributed by atoms with E-state index in [1.54, 1.807) is 24.3 Å². The molecular formula is C20H17Cl2NO2S. The van der Waals surface area contributed by atoms with E-state index in [0.717, 1.165) is 28.5 Å². The first-order chi connectivity index (χ1) is 12.3. The standard InChI is InChI=1S/C20H17Cl2NO2S/c1-11-7-12(2)14(13(3)8-11)9-18-19(24)23(20(25)26-18)10-15-16(21)5-4-6-17(15)22/h4-9H,10H2,1-3H3/b18-9-. The number of hydrogen-bond acceptors (Lipinski definition) is 3. The van der Waals surface area contributed by atoms with Crippen LogP contribution in [0.4, 0.5) is 4.79 Å². The lowest BCUT2D eigenvalue weighted by Crippen LogP contribution is -2.27. The Balaban J connectivity index is 1.93. The smallest absolute Gasteiger partial charge is 0.268 e. The van der Waals surface area contributed by atoms with Gasteiger partial charge < -0.3 is 0 Å². The van der Waals surface area contributed by atoms with Gasteiger partial charge in [-0.05, 0) is 67.4 Å². The molecule has 1 fully saturated rings. The van der Waals surface area contributed by atoms with Crippen LogP contribution >= 0.6 is 35.0 Å². The molecule has 2 aromatic carbocycles. The zero-order chi connectivity index (χ0) is 19.0. The molecule has 0 aliphatic carbocycles. The van der Waals surface area contributed by atoms with Crippen molar-refractivity contribution in [1.82, 2.24) is 4.90 Å². The molecule has 26 heavy (non-hydrogen) atoms. The molecule has 2 aromatic rings. The van der Waals surface area contributed by atoms with Gasteiger partial charge in [-0.2, -0.15) is 0 Å². The third-order valence-electron chi connectivity index (χ3n) is 4.26. The summed E-state index contributed by atoms with van der Waals surface area (Å²) in [6, 6.07) is 9.23. The summed E-state index contributed by atoms with van der Waals surface area (Å²) in [5.41, 5.74) is 4.85. The van der Waals surface area contributed by atoms with Crippen molar-refractivity contribution in [1.29, 1.82) is 0 Å². The fourth-order valence-electron chi connectivity index (χ4n) is 3.03. The van der Waals surface area contributed by atoms with Gasteiger partial charge in [-0.1, -0.05) is 47.0 Å². The predicted molar refractivity (Wildman–Crippen MR) is 109 cm³/mol. The zero-order valence-electron chi connectivity index (χ0n) is 14.6. The second-order valence-corrected chi connectivity index (χ2v) is 8.09. The molecule has 0 atom stereocenters. The van der Waals surface area contributed by atoms with E-state index >= 15 is 0 Å². The summed E-state index contributed by atoms with van der Waals surface area (Å²) in [4.78, 5) is 26.7. The van der Waals surface area contributed by atoms with Crippen LogP contribution in [0.1, 0.15) is 27.8 Å². The number of amides is 2. The molecular weight excluding hydrogens is 389 g/mol. The van der Waals surface area contributed by atoms with Gasteiger partial charge in [0.25, 0.3) is 11.1 Å². The van der Waals surface area contributed by atoms with Crippen LogP contribution in [0, 0.1) is 20.8 Å². The van der Waals surface area contributed by atoms with E-state index in [0.29, 0.717) is 20.5 Å². The average Bonchev–Trinajstić information content (AvgIpc) is 2.81. The monoisotopic (exact) mass is 405 g/mol. The number of halogens is 2. The summed E-state index contributed by atoms with van der Waals surface area (Å²) in [7, 11) is 0. The highest BCUT2D eigenvalue weighted by Crippen LogP contribution is 2.36. The summed E-state index contributed by atoms with van der Waals surface area (Å²) in [6.07, 6.45) is 1.79. The molecule has 6 heteroatoms. The molecule has 0 radical (unpaired) electrons. The average molecular weight is 406 g/mol. The normalized spacial score (nSPS) is 16.0. The van der Waals surface area contributed by atoms with Crippen LogP contribution in [0.25, 0.3) is 6.08 Å². The summed E-state index contributed by atoms with van der Waals surface area (Å²) < 4.78 is 0. The maximum Gasteiger partial charge on any atom is 0.293 e. The van der Waals surface area contributed by atoms with E-state index in [1.165, 1.54) is 10.5 Å². The van der Waals surface area contributed by atoms with Gasteiger partial charge in [-0.15, -0.1) is 0 Å². The van der Waals surface area contributed by atoms with Gasteiger partial charge in [0.05, 0.1) is 11.4 Å². The Kier molecular flexibility index (Phi) is 5.47. The summed E-state index contributed by atoms with van der Waals surface area (Å²) in [5.74, 6) is -0.324. The number of hydrogen-bond donors (Lipinski definition) is 0. The Morgan fingerprint density at radius 2 is 1.62 bits per heavy atom. The number of carbonyl (C=O) groups is 2. The van der Waals surface area contributed by atoms with Crippen LogP contribution in [0.2, 0.25) is 10.0 Å². The van der Waals surface area contributed by atoms with E-state index in [-0.39, 0.29) is 17.7 Å². The molecule has 1 aliphatic heterocycles. The first-order valence-corrected chi connectivity index (χ1v) is 9.61. The largest absolute Gasteiger partial charge is 0.293 e. The van der Waals surface area contributed by atoms with Gasteiger partial charge in [0.2, 0.25) is 0 Å². The number of aryl methyl sites for hydroxylation is 3. The van der Waals surface area contributed by atoms with Crippen LogP contribution in [0.5, 0.6) is 0 Å². The molecule has 0 spiro atoms. The highest BCUT2D eigenvalue weighted by atomic mass is 35.5. The van der Waals surface area contributed by atoms with E-state index < -0.39 is 0 Å². The second kappa shape index (κ2) is 7.47. The lowest BCUT2D eigenvalue weighted by Gasteiger charge is -2.14. The zero-order valence-corrected chi connectivity index (χ0v) is 16.9. The van der Waals surface area contributed by atoms with Crippen molar-refractivity contribution in [2.45, 2.75) is 27.3 Å². The number of rotatable bonds is 3. The van der Waals surface area contributed by atoms with Crippen molar-refractivity contribution in [2.24, 2.45) is 0 Å². The van der Waals surface area contributed by atoms with Crippen molar-refractivity contribution in [2.75, 3.05) is 0 Å². The minimum absolute atomic E-state index is 0.0619. The Morgan fingerprint density at radius 1 is 1.04 bits per heavy atom. The van der Waals surface area contributed by atoms with Crippen LogP contribution in [0.15, 0.2) is 35.2 Å². The minimum Gasteiger partial charge on any atom is -0.268 e. The Hall–Kier alpha value is -1.75. The van der Waals surface area contributed by atoms with Gasteiger partial charge >= 0.3 is 0 Å². The van der Waals surface area contributed by atoms with Gasteiger partial charge in [-0.25, -0.2) is 0 Å². The molecule has 0 bridgehead atoms. The molecule has 134 valence electrons. The van der Waals surface area contributed by atoms with Crippen LogP contribution in [-0.4, -0.2) is 16.0 Å². The SMILES string of the molecule is Cc1cc(C)c(/C=C2\SC(=O)N(Cc3c(Cl)cccc3Cl)C2=O)c(C)c1. The molecule has 1 saturated heterocycles. The van der Waals surface area contributed by atoms with Gasteiger partial charge in [0.15, 0.2) is 0 Å². The van der Waals surface area contributed by atoms with Crippen LogP contribution in [-0.2, 0) is 11.3 Å². The highest BCUT2D eigenvalue weighted by Gasteiger charge is 2.35. The summed E-state index contributed by atoms with van der Waals surface area (Å²) in [6.45, 7) is 6.09. The second-order valence-electron chi connectivity index (χ2n) is 6.28. The molecule has 1 aliphatic rings. The topological polar surface area (TPSA) is 37.4 Å². The quantitative estimate of drug-likeness (QED) is 0.574. The number of nitrogens with zero attached hydrogens (tertiary/aromatic N) is 1. The molecule has 0 N–H and O–H groups in total. The number of carbonyl (C=O) groups excluding carboxylic acids is 2. The van der Waals surface area contributed by atoms with Crippen LogP contribution < -0.4 is 0 Å². The summed E-state index contributed by atoms with van der Waals surface area (Å²) in [5, 5.41) is 0.552. The maximum atomic E-state index is 12.8. The molecule has 2 amide bonds. The first kappa shape index (κ1) is 19.0. The Labute approximate surface area is 167 Å². The fourth-order valence-corrected chi connectivity index (χ4v) is 4.36. The first-order valence-electron chi connectivity index (χ1n) is 8.04. The third kappa shape index (κ3) is 3.68. The van der Waals surface area contributed by atoms with Gasteiger partial charge in [0, 0.05) is 15.6 Å². The van der Waals surface area contributed by atoms with Gasteiger partial charge in [-0.3, -0.25) is 14.5 Å². The molecule has 0 unspecified atom stereocenters. The lowest BCUT2D eigenvalue weighted by atomic mass is 9.99. The lowest BCUT2D eigenvalue weighted by molar-refractivity contribution is -0.123. The number of benzene rings is 2. The molecule has 3 nitrogen and oxygen atoms in total. The van der Waals surface area contributed by atoms with Crippen molar-refractivity contribution in [3.8, 4) is 0 Å². The van der Waals surface area contributed by atoms with Crippen molar-refractivity contribution in [3.05, 3.63) is 73.1 Å². The Morgan fingerprint density at radius 3 is 2.19 bits per heavy atom. The fraction of sp³-hybridized carbons (Fsp3) is 0.200. The van der Waals surface area contributed by atoms with Crippen molar-refractivity contribution >= 4 is 52.2 Å². The van der Waals surface area contributed by atoms with Crippen LogP contribution in [0.3, 0.4) is 0 Å². The van der Waals surface area contributed by atoms with Gasteiger partial charge in [0.1, 0.15) is 0 Å². The summed E-state index contributed by atoms with van der Waals surface area (Å²) >= 11 is 13.3. The number of imide groups is 1. The van der Waals surface area contributed by atoms with E-state index in [1.807, 2.05) is 20.8 Å². The maximum absolute atomic E-state index is 12.8.